The molecule has 1 saturated carbocycles. The Kier molecular flexibility index (Phi) is 8.21. The molecule has 1 heterocycles. The molecule has 0 amide bonds. The predicted octanol–water partition coefficient (Wildman–Crippen LogP) is 3.65. The van der Waals surface area contributed by atoms with Crippen LogP contribution in [0.4, 0.5) is 0 Å². The third-order valence-corrected chi connectivity index (χ3v) is 4.07. The summed E-state index contributed by atoms with van der Waals surface area (Å²) in [4.78, 5) is 4.67. The molecule has 1 aliphatic carbocycles. The zero-order chi connectivity index (χ0) is 17.5. The Bertz CT molecular complexity index is 700. The highest BCUT2D eigenvalue weighted by molar-refractivity contribution is 14.0. The molecule has 142 valence electrons. The van der Waals surface area contributed by atoms with Gasteiger partial charge in [-0.2, -0.15) is 0 Å². The molecule has 0 unspecified atom stereocenters. The topological polar surface area (TPSA) is 71.7 Å². The standard InChI is InChI=1S/C19H26N4O2.HI/c1-3-20-19(22-12-17-8-9-25-23-17)21-11-16-7-4-14(2)10-18(16)24-13-15-5-6-15;/h4,7-10,15H,3,5-6,11-13H2,1-2H3,(H2,20,21,22);1H. The molecule has 2 aromatic rings. The van der Waals surface area contributed by atoms with Gasteiger partial charge < -0.3 is 19.9 Å². The van der Waals surface area contributed by atoms with Crippen LogP contribution in [-0.4, -0.2) is 24.3 Å². The number of rotatable bonds is 8. The summed E-state index contributed by atoms with van der Waals surface area (Å²) < 4.78 is 10.9. The summed E-state index contributed by atoms with van der Waals surface area (Å²) >= 11 is 0. The third-order valence-electron chi connectivity index (χ3n) is 4.07. The smallest absolute Gasteiger partial charge is 0.191 e. The molecule has 7 heteroatoms. The van der Waals surface area contributed by atoms with Gasteiger partial charge in [-0.3, -0.25) is 0 Å². The fourth-order valence-corrected chi connectivity index (χ4v) is 2.43. The molecular formula is C19H27IN4O2. The molecule has 1 fully saturated rings. The Morgan fingerprint density at radius 1 is 1.31 bits per heavy atom. The van der Waals surface area contributed by atoms with Gasteiger partial charge in [0.05, 0.1) is 19.7 Å². The highest BCUT2D eigenvalue weighted by Crippen LogP contribution is 2.30. The largest absolute Gasteiger partial charge is 0.493 e. The molecule has 0 aliphatic heterocycles. The Morgan fingerprint density at radius 2 is 2.15 bits per heavy atom. The van der Waals surface area contributed by atoms with Gasteiger partial charge in [0, 0.05) is 18.2 Å². The second kappa shape index (κ2) is 10.4. The third kappa shape index (κ3) is 6.51. The SMILES string of the molecule is CCNC(=NCc1ccc(C)cc1OCC1CC1)NCc1ccon1.I. The van der Waals surface area contributed by atoms with Crippen molar-refractivity contribution in [2.75, 3.05) is 13.2 Å². The first kappa shape index (κ1) is 20.5. The van der Waals surface area contributed by atoms with Crippen LogP contribution >= 0.6 is 24.0 Å². The summed E-state index contributed by atoms with van der Waals surface area (Å²) in [6.07, 6.45) is 4.14. The van der Waals surface area contributed by atoms with Crippen LogP contribution in [0.2, 0.25) is 0 Å². The van der Waals surface area contributed by atoms with E-state index in [0.717, 1.165) is 42.0 Å². The van der Waals surface area contributed by atoms with Gasteiger partial charge in [0.2, 0.25) is 0 Å². The number of nitrogens with zero attached hydrogens (tertiary/aromatic N) is 2. The molecular weight excluding hydrogens is 443 g/mol. The Balaban J connectivity index is 0.00000243. The summed E-state index contributed by atoms with van der Waals surface area (Å²) in [5, 5.41) is 10.4. The average molecular weight is 470 g/mol. The van der Waals surface area contributed by atoms with E-state index in [1.54, 1.807) is 6.26 Å². The van der Waals surface area contributed by atoms with Crippen molar-refractivity contribution in [2.45, 2.75) is 39.8 Å². The van der Waals surface area contributed by atoms with Gasteiger partial charge in [-0.05, 0) is 44.2 Å². The Labute approximate surface area is 171 Å². The number of nitrogens with one attached hydrogen (secondary N) is 2. The van der Waals surface area contributed by atoms with E-state index < -0.39 is 0 Å². The summed E-state index contributed by atoms with van der Waals surface area (Å²) in [6.45, 7) is 6.87. The lowest BCUT2D eigenvalue weighted by Gasteiger charge is -2.13. The maximum absolute atomic E-state index is 6.02. The van der Waals surface area contributed by atoms with Crippen molar-refractivity contribution in [3.05, 3.63) is 47.3 Å². The van der Waals surface area contributed by atoms with E-state index in [9.17, 15) is 0 Å². The first-order valence-corrected chi connectivity index (χ1v) is 8.88. The monoisotopic (exact) mass is 470 g/mol. The van der Waals surface area contributed by atoms with Crippen molar-refractivity contribution in [3.63, 3.8) is 0 Å². The molecule has 0 radical (unpaired) electrons. The molecule has 3 rings (SSSR count). The van der Waals surface area contributed by atoms with Crippen molar-refractivity contribution in [1.29, 1.82) is 0 Å². The maximum Gasteiger partial charge on any atom is 0.191 e. The Hall–Kier alpha value is -1.77. The molecule has 0 saturated heterocycles. The van der Waals surface area contributed by atoms with Gasteiger partial charge in [-0.1, -0.05) is 17.3 Å². The molecule has 0 atom stereocenters. The molecule has 0 bridgehead atoms. The molecule has 0 spiro atoms. The molecule has 6 nitrogen and oxygen atoms in total. The van der Waals surface area contributed by atoms with Crippen LogP contribution in [0.15, 0.2) is 40.0 Å². The van der Waals surface area contributed by atoms with E-state index >= 15 is 0 Å². The molecule has 2 N–H and O–H groups in total. The van der Waals surface area contributed by atoms with Crippen LogP contribution in [0, 0.1) is 12.8 Å². The van der Waals surface area contributed by atoms with Crippen molar-refractivity contribution in [1.82, 2.24) is 15.8 Å². The van der Waals surface area contributed by atoms with Gasteiger partial charge >= 0.3 is 0 Å². The lowest BCUT2D eigenvalue weighted by atomic mass is 10.1. The number of hydrogen-bond acceptors (Lipinski definition) is 4. The van der Waals surface area contributed by atoms with E-state index in [2.05, 4.69) is 45.9 Å². The zero-order valence-electron chi connectivity index (χ0n) is 15.3. The molecule has 1 aromatic carbocycles. The van der Waals surface area contributed by atoms with E-state index in [-0.39, 0.29) is 24.0 Å². The molecule has 1 aromatic heterocycles. The van der Waals surface area contributed by atoms with Crippen LogP contribution in [-0.2, 0) is 13.1 Å². The second-order valence-corrected chi connectivity index (χ2v) is 6.41. The lowest BCUT2D eigenvalue weighted by Crippen LogP contribution is -2.36. The minimum absolute atomic E-state index is 0. The lowest BCUT2D eigenvalue weighted by molar-refractivity contribution is 0.296. The number of aromatic nitrogens is 1. The first-order chi connectivity index (χ1) is 12.2. The van der Waals surface area contributed by atoms with E-state index in [4.69, 9.17) is 9.26 Å². The van der Waals surface area contributed by atoms with Gasteiger partial charge in [0.15, 0.2) is 5.96 Å². The summed E-state index contributed by atoms with van der Waals surface area (Å²) in [5.41, 5.74) is 3.15. The normalized spacial score (nSPS) is 13.8. The summed E-state index contributed by atoms with van der Waals surface area (Å²) in [5.74, 6) is 2.43. The average Bonchev–Trinajstić information content (AvgIpc) is 3.30. The zero-order valence-corrected chi connectivity index (χ0v) is 17.7. The summed E-state index contributed by atoms with van der Waals surface area (Å²) in [7, 11) is 0. The van der Waals surface area contributed by atoms with Crippen LogP contribution in [0.25, 0.3) is 0 Å². The van der Waals surface area contributed by atoms with Crippen LogP contribution in [0.1, 0.15) is 36.6 Å². The minimum Gasteiger partial charge on any atom is -0.493 e. The minimum atomic E-state index is 0. The van der Waals surface area contributed by atoms with E-state index in [1.165, 1.54) is 18.4 Å². The van der Waals surface area contributed by atoms with E-state index in [1.807, 2.05) is 13.0 Å². The van der Waals surface area contributed by atoms with Crippen LogP contribution in [0.5, 0.6) is 5.75 Å². The quantitative estimate of drug-likeness (QED) is 0.350. The number of hydrogen-bond donors (Lipinski definition) is 2. The number of aliphatic imine (C=N–C) groups is 1. The Morgan fingerprint density at radius 3 is 2.85 bits per heavy atom. The number of benzene rings is 1. The number of ether oxygens (including phenoxy) is 1. The number of halogens is 1. The fourth-order valence-electron chi connectivity index (χ4n) is 2.43. The fraction of sp³-hybridized carbons (Fsp3) is 0.474. The maximum atomic E-state index is 6.02. The summed E-state index contributed by atoms with van der Waals surface area (Å²) in [6, 6.07) is 8.14. The van der Waals surface area contributed by atoms with Crippen molar-refractivity contribution >= 4 is 29.9 Å². The number of guanidine groups is 1. The first-order valence-electron chi connectivity index (χ1n) is 8.88. The highest BCUT2D eigenvalue weighted by Gasteiger charge is 2.22. The predicted molar refractivity (Wildman–Crippen MR) is 113 cm³/mol. The number of aryl methyl sites for hydroxylation is 1. The molecule has 26 heavy (non-hydrogen) atoms. The van der Waals surface area contributed by atoms with Crippen LogP contribution < -0.4 is 15.4 Å². The van der Waals surface area contributed by atoms with Crippen molar-refractivity contribution in [2.24, 2.45) is 10.9 Å². The van der Waals surface area contributed by atoms with Gasteiger partial charge in [0.25, 0.3) is 0 Å². The van der Waals surface area contributed by atoms with Crippen molar-refractivity contribution in [3.8, 4) is 5.75 Å². The highest BCUT2D eigenvalue weighted by atomic mass is 127. The second-order valence-electron chi connectivity index (χ2n) is 6.41. The van der Waals surface area contributed by atoms with Gasteiger partial charge in [0.1, 0.15) is 17.7 Å². The molecule has 1 aliphatic rings. The van der Waals surface area contributed by atoms with Crippen molar-refractivity contribution < 1.29 is 9.26 Å². The van der Waals surface area contributed by atoms with E-state index in [0.29, 0.717) is 13.1 Å². The van der Waals surface area contributed by atoms with Crippen LogP contribution in [0.3, 0.4) is 0 Å². The van der Waals surface area contributed by atoms with Gasteiger partial charge in [-0.15, -0.1) is 24.0 Å². The van der Waals surface area contributed by atoms with Gasteiger partial charge in [-0.25, -0.2) is 4.99 Å².